The van der Waals surface area contributed by atoms with Gasteiger partial charge in [0.25, 0.3) is 0 Å². The second-order valence-electron chi connectivity index (χ2n) is 11.5. The Balaban J connectivity index is 1.49. The summed E-state index contributed by atoms with van der Waals surface area (Å²) in [7, 11) is 0. The SMILES string of the molecule is CC(C)C(NC(=O)OC(C)(C)C)C(=O)N1CC[C@@H]2[C@H]1[C@@H](c1c[nH]c3cc(F)ccc13)CN2c1ncccn1. The van der Waals surface area contributed by atoms with Crippen LogP contribution >= 0.6 is 0 Å². The highest BCUT2D eigenvalue weighted by Crippen LogP contribution is 2.44. The molecule has 10 heteroatoms. The molecule has 202 valence electrons. The fourth-order valence-electron chi connectivity index (χ4n) is 5.84. The van der Waals surface area contributed by atoms with Crippen LogP contribution < -0.4 is 10.2 Å². The number of benzene rings is 1. The number of H-pyrrole nitrogens is 1. The molecule has 3 aromatic rings. The van der Waals surface area contributed by atoms with Crippen LogP contribution in [0.4, 0.5) is 15.1 Å². The molecular formula is C28H35FN6O3. The van der Waals surface area contributed by atoms with Gasteiger partial charge in [0, 0.05) is 48.5 Å². The first-order chi connectivity index (χ1) is 18.0. The van der Waals surface area contributed by atoms with Crippen LogP contribution in [0, 0.1) is 11.7 Å². The van der Waals surface area contributed by atoms with Crippen LogP contribution in [0.3, 0.4) is 0 Å². The van der Waals surface area contributed by atoms with Crippen LogP contribution in [0.2, 0.25) is 0 Å². The molecule has 0 aliphatic carbocycles. The van der Waals surface area contributed by atoms with Crippen molar-refractivity contribution in [2.45, 2.75) is 70.7 Å². The van der Waals surface area contributed by atoms with Gasteiger partial charge < -0.3 is 24.8 Å². The standard InChI is InChI=1S/C28H35FN6O3/c1-16(2)23(33-27(37)38-28(3,4)5)25(36)34-12-9-22-24(34)20(15-35(22)26-30-10-6-11-31-26)19-14-32-21-13-17(29)7-8-18(19)21/h6-8,10-11,13-14,16,20,22-24,32H,9,12,15H2,1-5H3,(H,33,37)/t20-,22-,23?,24-/m1/s1. The van der Waals surface area contributed by atoms with Crippen molar-refractivity contribution in [2.75, 3.05) is 18.0 Å². The Kier molecular flexibility index (Phi) is 6.75. The molecule has 0 spiro atoms. The zero-order valence-corrected chi connectivity index (χ0v) is 22.4. The third-order valence-corrected chi connectivity index (χ3v) is 7.40. The number of aromatic amines is 1. The zero-order valence-electron chi connectivity index (χ0n) is 22.4. The van der Waals surface area contributed by atoms with E-state index in [1.807, 2.05) is 24.9 Å². The lowest BCUT2D eigenvalue weighted by Crippen LogP contribution is -2.54. The Labute approximate surface area is 221 Å². The van der Waals surface area contributed by atoms with E-state index in [0.717, 1.165) is 17.4 Å². The van der Waals surface area contributed by atoms with Gasteiger partial charge in [0.1, 0.15) is 17.5 Å². The van der Waals surface area contributed by atoms with Crippen molar-refractivity contribution in [1.82, 2.24) is 25.2 Å². The lowest BCUT2D eigenvalue weighted by Gasteiger charge is -2.33. The van der Waals surface area contributed by atoms with Gasteiger partial charge in [0.15, 0.2) is 0 Å². The van der Waals surface area contributed by atoms with E-state index < -0.39 is 17.7 Å². The Bertz CT molecular complexity index is 1320. The molecule has 4 atom stereocenters. The van der Waals surface area contributed by atoms with Gasteiger partial charge in [-0.15, -0.1) is 0 Å². The molecule has 2 aliphatic rings. The monoisotopic (exact) mass is 522 g/mol. The van der Waals surface area contributed by atoms with Gasteiger partial charge in [-0.05, 0) is 62.9 Å². The van der Waals surface area contributed by atoms with Crippen LogP contribution in [0.1, 0.15) is 52.5 Å². The third-order valence-electron chi connectivity index (χ3n) is 7.40. The predicted molar refractivity (Wildman–Crippen MR) is 142 cm³/mol. The minimum atomic E-state index is -0.733. The molecule has 0 saturated carbocycles. The van der Waals surface area contributed by atoms with Crippen molar-refractivity contribution in [3.63, 3.8) is 0 Å². The van der Waals surface area contributed by atoms with Gasteiger partial charge in [0.2, 0.25) is 11.9 Å². The molecular weight excluding hydrogens is 487 g/mol. The molecule has 5 rings (SSSR count). The summed E-state index contributed by atoms with van der Waals surface area (Å²) in [6.45, 7) is 10.4. The lowest BCUT2D eigenvalue weighted by atomic mass is 9.90. The number of fused-ring (bicyclic) bond motifs is 2. The van der Waals surface area contributed by atoms with E-state index in [-0.39, 0.29) is 35.6 Å². The smallest absolute Gasteiger partial charge is 0.408 e. The third kappa shape index (κ3) is 4.91. The topological polar surface area (TPSA) is 103 Å². The minimum Gasteiger partial charge on any atom is -0.444 e. The molecule has 1 unspecified atom stereocenters. The van der Waals surface area contributed by atoms with Crippen molar-refractivity contribution in [3.05, 3.63) is 54.2 Å². The summed E-state index contributed by atoms with van der Waals surface area (Å²) in [6.07, 6.45) is 5.49. The number of carbonyl (C=O) groups excluding carboxylic acids is 2. The van der Waals surface area contributed by atoms with Crippen LogP contribution in [0.5, 0.6) is 0 Å². The van der Waals surface area contributed by atoms with Crippen molar-refractivity contribution < 1.29 is 18.7 Å². The Morgan fingerprint density at radius 2 is 1.95 bits per heavy atom. The van der Waals surface area contributed by atoms with E-state index in [9.17, 15) is 14.0 Å². The van der Waals surface area contributed by atoms with Crippen molar-refractivity contribution >= 4 is 28.9 Å². The van der Waals surface area contributed by atoms with Crippen molar-refractivity contribution in [3.8, 4) is 0 Å². The van der Waals surface area contributed by atoms with Gasteiger partial charge >= 0.3 is 6.09 Å². The van der Waals surface area contributed by atoms with Gasteiger partial charge in [-0.1, -0.05) is 13.8 Å². The van der Waals surface area contributed by atoms with Crippen molar-refractivity contribution in [2.24, 2.45) is 5.92 Å². The number of amides is 2. The number of anilines is 1. The summed E-state index contributed by atoms with van der Waals surface area (Å²) < 4.78 is 19.4. The number of alkyl carbamates (subject to hydrolysis) is 1. The number of ether oxygens (including phenoxy) is 1. The van der Waals surface area contributed by atoms with E-state index in [1.54, 1.807) is 45.3 Å². The largest absolute Gasteiger partial charge is 0.444 e. The summed E-state index contributed by atoms with van der Waals surface area (Å²) in [5, 5.41) is 3.75. The summed E-state index contributed by atoms with van der Waals surface area (Å²) >= 11 is 0. The molecule has 4 heterocycles. The Morgan fingerprint density at radius 3 is 2.63 bits per heavy atom. The second-order valence-corrected chi connectivity index (χ2v) is 11.5. The number of halogens is 1. The quantitative estimate of drug-likeness (QED) is 0.520. The average Bonchev–Trinajstić information content (AvgIpc) is 3.55. The van der Waals surface area contributed by atoms with E-state index >= 15 is 0 Å². The molecule has 38 heavy (non-hydrogen) atoms. The van der Waals surface area contributed by atoms with Gasteiger partial charge in [-0.25, -0.2) is 19.2 Å². The molecule has 0 bridgehead atoms. The van der Waals surface area contributed by atoms with Crippen LogP contribution in [-0.2, 0) is 9.53 Å². The fraction of sp³-hybridized carbons (Fsp3) is 0.500. The molecule has 2 aromatic heterocycles. The maximum Gasteiger partial charge on any atom is 0.408 e. The molecule has 2 amide bonds. The van der Waals surface area contributed by atoms with E-state index in [1.165, 1.54) is 12.1 Å². The molecule has 2 saturated heterocycles. The van der Waals surface area contributed by atoms with E-state index in [2.05, 4.69) is 25.2 Å². The summed E-state index contributed by atoms with van der Waals surface area (Å²) in [6, 6.07) is 5.62. The number of nitrogens with zero attached hydrogens (tertiary/aromatic N) is 4. The summed E-state index contributed by atoms with van der Waals surface area (Å²) in [5.41, 5.74) is 1.07. The number of carbonyl (C=O) groups is 2. The number of hydrogen-bond donors (Lipinski definition) is 2. The molecule has 9 nitrogen and oxygen atoms in total. The molecule has 2 fully saturated rings. The fourth-order valence-corrected chi connectivity index (χ4v) is 5.84. The predicted octanol–water partition coefficient (Wildman–Crippen LogP) is 4.22. The molecule has 0 radical (unpaired) electrons. The maximum atomic E-state index is 14.0. The highest BCUT2D eigenvalue weighted by molar-refractivity contribution is 5.88. The molecule has 2 aliphatic heterocycles. The Hall–Kier alpha value is -3.69. The minimum absolute atomic E-state index is 0.00564. The average molecular weight is 523 g/mol. The first-order valence-corrected chi connectivity index (χ1v) is 13.1. The normalized spacial score (nSPS) is 22.1. The van der Waals surface area contributed by atoms with E-state index in [0.29, 0.717) is 24.6 Å². The van der Waals surface area contributed by atoms with Crippen LogP contribution in [-0.4, -0.2) is 68.7 Å². The zero-order chi connectivity index (χ0) is 27.2. The molecule has 1 aromatic carbocycles. The number of hydrogen-bond acceptors (Lipinski definition) is 6. The van der Waals surface area contributed by atoms with E-state index in [4.69, 9.17) is 4.74 Å². The number of rotatable bonds is 5. The maximum absolute atomic E-state index is 14.0. The summed E-state index contributed by atoms with van der Waals surface area (Å²) in [5.74, 6) is -0.0231. The highest BCUT2D eigenvalue weighted by Gasteiger charge is 2.53. The lowest BCUT2D eigenvalue weighted by molar-refractivity contribution is -0.135. The summed E-state index contributed by atoms with van der Waals surface area (Å²) in [4.78, 5) is 42.9. The number of aromatic nitrogens is 3. The highest BCUT2D eigenvalue weighted by atomic mass is 19.1. The number of likely N-dealkylation sites (tertiary alicyclic amines) is 1. The second kappa shape index (κ2) is 9.89. The van der Waals surface area contributed by atoms with Crippen LogP contribution in [0.25, 0.3) is 10.9 Å². The van der Waals surface area contributed by atoms with Gasteiger partial charge in [-0.3, -0.25) is 4.79 Å². The van der Waals surface area contributed by atoms with Crippen molar-refractivity contribution in [1.29, 1.82) is 0 Å². The van der Waals surface area contributed by atoms with Gasteiger partial charge in [0.05, 0.1) is 12.1 Å². The molecule has 2 N–H and O–H groups in total. The first-order valence-electron chi connectivity index (χ1n) is 13.1. The van der Waals surface area contributed by atoms with Gasteiger partial charge in [-0.2, -0.15) is 0 Å². The number of nitrogens with one attached hydrogen (secondary N) is 2. The van der Waals surface area contributed by atoms with Crippen LogP contribution in [0.15, 0.2) is 42.9 Å². The first kappa shape index (κ1) is 25.9. The Morgan fingerprint density at radius 1 is 1.21 bits per heavy atom.